The molecule has 0 unspecified atom stereocenters. The summed E-state index contributed by atoms with van der Waals surface area (Å²) in [5, 5.41) is 13.2. The average molecular weight is 488 g/mol. The summed E-state index contributed by atoms with van der Waals surface area (Å²) in [7, 11) is -4.40. The van der Waals surface area contributed by atoms with E-state index in [-0.39, 0.29) is 10.9 Å². The number of aliphatic hydroxyl groups is 1. The summed E-state index contributed by atoms with van der Waals surface area (Å²) in [6.45, 7) is 0.0367. The van der Waals surface area contributed by atoms with E-state index in [1.165, 1.54) is 10.9 Å². The summed E-state index contributed by atoms with van der Waals surface area (Å²) in [6.07, 6.45) is -5.47. The lowest BCUT2D eigenvalue weighted by Gasteiger charge is -2.16. The number of hydrogen-bond acceptors (Lipinski definition) is 8. The van der Waals surface area contributed by atoms with Crippen LogP contribution in [0.5, 0.6) is 0 Å². The number of halogens is 2. The molecule has 172 valence electrons. The molecule has 1 aromatic carbocycles. The zero-order chi connectivity index (χ0) is 22.9. The fraction of sp³-hybridized carbons (Fsp3) is 0.389. The van der Waals surface area contributed by atoms with E-state index in [9.17, 15) is 14.1 Å². The number of nitrogens with one attached hydrogen (secondary N) is 1. The van der Waals surface area contributed by atoms with Crippen molar-refractivity contribution < 1.29 is 33.3 Å². The van der Waals surface area contributed by atoms with Crippen LogP contribution in [0.25, 0.3) is 11.2 Å². The summed E-state index contributed by atoms with van der Waals surface area (Å²) in [5.41, 5.74) is 1.52. The first-order valence-corrected chi connectivity index (χ1v) is 11.7. The molecule has 0 bridgehead atoms. The van der Waals surface area contributed by atoms with Gasteiger partial charge < -0.3 is 29.7 Å². The standard InChI is InChI=1S/C18H20ClFN5O6P/c19-18-23-15(21-6-10-4-2-1-3-5-10)13-16(24-18)25(8-22-13)17-12(20)14(26)11(31-17)7-30-9-32(27,28)29/h1-5,8,11-12,14,17,26H,6-7,9H2,(H,21,23,24)(H2,27,28,29)/t11-,12+,14-,17-/m1/s1. The molecule has 1 saturated heterocycles. The Morgan fingerprint density at radius 3 is 2.75 bits per heavy atom. The number of alkyl halides is 1. The Kier molecular flexibility index (Phi) is 6.72. The quantitative estimate of drug-likeness (QED) is 0.273. The van der Waals surface area contributed by atoms with Crippen LogP contribution in [-0.4, -0.2) is 65.7 Å². The van der Waals surface area contributed by atoms with Gasteiger partial charge in [0.2, 0.25) is 5.28 Å². The molecule has 1 aliphatic heterocycles. The smallest absolute Gasteiger partial charge is 0.350 e. The van der Waals surface area contributed by atoms with Crippen molar-refractivity contribution >= 4 is 36.2 Å². The van der Waals surface area contributed by atoms with Crippen molar-refractivity contribution in [3.8, 4) is 0 Å². The van der Waals surface area contributed by atoms with E-state index in [2.05, 4.69) is 20.3 Å². The summed E-state index contributed by atoms with van der Waals surface area (Å²) < 4.78 is 37.4. The molecule has 0 saturated carbocycles. The third-order valence-corrected chi connectivity index (χ3v) is 5.49. The molecular formula is C18H20ClFN5O6P. The monoisotopic (exact) mass is 487 g/mol. The Morgan fingerprint density at radius 2 is 2.03 bits per heavy atom. The second-order valence-corrected chi connectivity index (χ2v) is 9.09. The van der Waals surface area contributed by atoms with E-state index in [0.29, 0.717) is 17.9 Å². The van der Waals surface area contributed by atoms with E-state index < -0.39 is 45.2 Å². The number of fused-ring (bicyclic) bond motifs is 1. The van der Waals surface area contributed by atoms with Gasteiger partial charge >= 0.3 is 7.60 Å². The van der Waals surface area contributed by atoms with Crippen LogP contribution in [0.1, 0.15) is 11.8 Å². The van der Waals surface area contributed by atoms with Crippen molar-refractivity contribution in [2.75, 3.05) is 18.3 Å². The van der Waals surface area contributed by atoms with Crippen molar-refractivity contribution in [3.63, 3.8) is 0 Å². The van der Waals surface area contributed by atoms with E-state index in [1.807, 2.05) is 30.3 Å². The highest BCUT2D eigenvalue weighted by atomic mass is 35.5. The summed E-state index contributed by atoms with van der Waals surface area (Å²) in [4.78, 5) is 30.3. The molecule has 11 nitrogen and oxygen atoms in total. The number of hydrogen-bond donors (Lipinski definition) is 4. The molecule has 0 amide bonds. The van der Waals surface area contributed by atoms with E-state index in [0.717, 1.165) is 5.56 Å². The highest BCUT2D eigenvalue weighted by Crippen LogP contribution is 2.37. The number of ether oxygens (including phenoxy) is 2. The van der Waals surface area contributed by atoms with Gasteiger partial charge in [-0.1, -0.05) is 30.3 Å². The molecule has 1 fully saturated rings. The highest BCUT2D eigenvalue weighted by molar-refractivity contribution is 7.51. The van der Waals surface area contributed by atoms with Gasteiger partial charge in [0.15, 0.2) is 29.4 Å². The molecule has 14 heteroatoms. The van der Waals surface area contributed by atoms with Crippen LogP contribution >= 0.6 is 19.2 Å². The van der Waals surface area contributed by atoms with Crippen LogP contribution in [0.3, 0.4) is 0 Å². The van der Waals surface area contributed by atoms with Gasteiger partial charge in [-0.3, -0.25) is 9.13 Å². The van der Waals surface area contributed by atoms with Gasteiger partial charge in [0.25, 0.3) is 0 Å². The van der Waals surface area contributed by atoms with Gasteiger partial charge in [0, 0.05) is 6.54 Å². The van der Waals surface area contributed by atoms with Crippen LogP contribution in [0.2, 0.25) is 5.28 Å². The zero-order valence-electron chi connectivity index (χ0n) is 16.5. The number of anilines is 1. The largest absolute Gasteiger partial charge is 0.387 e. The molecule has 4 atom stereocenters. The summed E-state index contributed by atoms with van der Waals surface area (Å²) >= 11 is 6.06. The topological polar surface area (TPSA) is 152 Å². The molecule has 3 heterocycles. The lowest BCUT2D eigenvalue weighted by atomic mass is 10.1. The Bertz CT molecular complexity index is 1130. The predicted molar refractivity (Wildman–Crippen MR) is 112 cm³/mol. The molecule has 4 rings (SSSR count). The van der Waals surface area contributed by atoms with Crippen molar-refractivity contribution in [2.45, 2.75) is 31.2 Å². The van der Waals surface area contributed by atoms with Gasteiger partial charge in [-0.25, -0.2) is 9.37 Å². The van der Waals surface area contributed by atoms with Gasteiger partial charge in [0.05, 0.1) is 12.9 Å². The van der Waals surface area contributed by atoms with E-state index in [4.69, 9.17) is 30.9 Å². The van der Waals surface area contributed by atoms with Crippen molar-refractivity contribution in [2.24, 2.45) is 0 Å². The number of aliphatic hydroxyl groups excluding tert-OH is 1. The first-order chi connectivity index (χ1) is 15.2. The summed E-state index contributed by atoms with van der Waals surface area (Å²) in [5.74, 6) is 0.345. The lowest BCUT2D eigenvalue weighted by molar-refractivity contribution is -0.0581. The SMILES string of the molecule is O=P(O)(O)COC[C@H]1O[C@@H](n2cnc3c(NCc4ccccc4)nc(Cl)nc32)[C@@H](F)[C@@H]1O. The molecule has 0 aliphatic carbocycles. The number of benzene rings is 1. The zero-order valence-corrected chi connectivity index (χ0v) is 18.1. The second kappa shape index (κ2) is 9.36. The molecule has 4 N–H and O–H groups in total. The Morgan fingerprint density at radius 1 is 1.28 bits per heavy atom. The minimum absolute atomic E-state index is 0.0923. The maximum Gasteiger partial charge on any atom is 0.350 e. The maximum atomic E-state index is 14.8. The molecular weight excluding hydrogens is 468 g/mol. The van der Waals surface area contributed by atoms with Crippen molar-refractivity contribution in [1.82, 2.24) is 19.5 Å². The van der Waals surface area contributed by atoms with Crippen LogP contribution in [0, 0.1) is 0 Å². The fourth-order valence-corrected chi connectivity index (χ4v) is 3.84. The third kappa shape index (κ3) is 5.07. The van der Waals surface area contributed by atoms with Crippen LogP contribution in [-0.2, 0) is 20.6 Å². The maximum absolute atomic E-state index is 14.8. The van der Waals surface area contributed by atoms with Crippen LogP contribution in [0.15, 0.2) is 36.7 Å². The Hall–Kier alpha value is -2.18. The van der Waals surface area contributed by atoms with Crippen molar-refractivity contribution in [1.29, 1.82) is 0 Å². The molecule has 3 aromatic rings. The normalized spacial score (nSPS) is 23.7. The van der Waals surface area contributed by atoms with E-state index >= 15 is 0 Å². The number of aromatic nitrogens is 4. The second-order valence-electron chi connectivity index (χ2n) is 7.17. The van der Waals surface area contributed by atoms with E-state index in [1.54, 1.807) is 0 Å². The molecule has 0 radical (unpaired) electrons. The minimum atomic E-state index is -4.40. The van der Waals surface area contributed by atoms with Crippen LogP contribution in [0.4, 0.5) is 10.2 Å². The Labute approximate surface area is 186 Å². The first kappa shape index (κ1) is 23.0. The summed E-state index contributed by atoms with van der Waals surface area (Å²) in [6, 6.07) is 9.57. The average Bonchev–Trinajstić information content (AvgIpc) is 3.28. The van der Waals surface area contributed by atoms with Gasteiger partial charge in [-0.15, -0.1) is 0 Å². The molecule has 32 heavy (non-hydrogen) atoms. The fourth-order valence-electron chi connectivity index (χ4n) is 3.33. The van der Waals surface area contributed by atoms with Crippen LogP contribution < -0.4 is 5.32 Å². The highest BCUT2D eigenvalue weighted by Gasteiger charge is 2.46. The Balaban J connectivity index is 1.54. The number of imidazole rings is 1. The lowest BCUT2D eigenvalue weighted by Crippen LogP contribution is -2.31. The van der Waals surface area contributed by atoms with Gasteiger partial charge in [0.1, 0.15) is 18.6 Å². The molecule has 2 aromatic heterocycles. The number of nitrogens with zero attached hydrogens (tertiary/aromatic N) is 4. The molecule has 0 spiro atoms. The van der Waals surface area contributed by atoms with Gasteiger partial charge in [-0.05, 0) is 17.2 Å². The predicted octanol–water partition coefficient (Wildman–Crippen LogP) is 1.84. The number of rotatable bonds is 8. The minimum Gasteiger partial charge on any atom is -0.387 e. The van der Waals surface area contributed by atoms with Gasteiger partial charge in [-0.2, -0.15) is 9.97 Å². The first-order valence-electron chi connectivity index (χ1n) is 9.51. The molecule has 1 aliphatic rings. The van der Waals surface area contributed by atoms with Crippen molar-refractivity contribution in [3.05, 3.63) is 47.5 Å². The third-order valence-electron chi connectivity index (χ3n) is 4.81.